The second kappa shape index (κ2) is 5.84. The fourth-order valence-corrected chi connectivity index (χ4v) is 2.16. The normalized spacial score (nSPS) is 11.0. The first-order valence-electron chi connectivity index (χ1n) is 5.23. The molecule has 1 rings (SSSR count). The van der Waals surface area contributed by atoms with Crippen molar-refractivity contribution in [3.8, 4) is 5.75 Å². The summed E-state index contributed by atoms with van der Waals surface area (Å²) in [7, 11) is -1.89. The van der Waals surface area contributed by atoms with Crippen LogP contribution >= 0.6 is 0 Å². The lowest BCUT2D eigenvalue weighted by Gasteiger charge is -2.05. The molecule has 94 valence electrons. The van der Waals surface area contributed by atoms with Gasteiger partial charge in [-0.15, -0.1) is 0 Å². The van der Waals surface area contributed by atoms with E-state index in [1.807, 2.05) is 19.9 Å². The van der Waals surface area contributed by atoms with Crippen molar-refractivity contribution in [1.29, 1.82) is 0 Å². The lowest BCUT2D eigenvalue weighted by molar-refractivity contribution is 0.414. The largest absolute Gasteiger partial charge is 0.497 e. The number of hydrogen-bond donors (Lipinski definition) is 1. The van der Waals surface area contributed by atoms with Gasteiger partial charge in [0.25, 0.3) is 0 Å². The number of hydrogen-bond acceptors (Lipinski definition) is 3. The van der Waals surface area contributed by atoms with E-state index >= 15 is 0 Å². The Morgan fingerprint density at radius 2 is 1.88 bits per heavy atom. The highest BCUT2D eigenvalue weighted by molar-refractivity contribution is 7.89. The Bertz CT molecular complexity index is 485. The van der Waals surface area contributed by atoms with Gasteiger partial charge < -0.3 is 4.74 Å². The topological polar surface area (TPSA) is 55.4 Å². The molecular formula is C12H17NO3S. The van der Waals surface area contributed by atoms with Crippen molar-refractivity contribution in [2.24, 2.45) is 0 Å². The van der Waals surface area contributed by atoms with E-state index in [4.69, 9.17) is 4.74 Å². The molecular weight excluding hydrogens is 238 g/mol. The minimum absolute atomic E-state index is 0.237. The maximum absolute atomic E-state index is 11.8. The number of methoxy groups -OCH3 is 1. The van der Waals surface area contributed by atoms with Gasteiger partial charge in [0, 0.05) is 6.54 Å². The Hall–Kier alpha value is -1.33. The third-order valence-electron chi connectivity index (χ3n) is 2.15. The van der Waals surface area contributed by atoms with Crippen LogP contribution in [-0.2, 0) is 10.0 Å². The van der Waals surface area contributed by atoms with E-state index in [0.717, 1.165) is 5.57 Å². The van der Waals surface area contributed by atoms with Crippen LogP contribution in [0.5, 0.6) is 5.75 Å². The van der Waals surface area contributed by atoms with Gasteiger partial charge in [0.1, 0.15) is 5.75 Å². The molecule has 0 heterocycles. The summed E-state index contributed by atoms with van der Waals surface area (Å²) in [5.74, 6) is 0.633. The molecule has 0 saturated carbocycles. The van der Waals surface area contributed by atoms with Gasteiger partial charge in [-0.25, -0.2) is 13.1 Å². The molecule has 0 aliphatic carbocycles. The molecule has 1 N–H and O–H groups in total. The van der Waals surface area contributed by atoms with E-state index in [9.17, 15) is 8.42 Å². The summed E-state index contributed by atoms with van der Waals surface area (Å²) >= 11 is 0. The average molecular weight is 255 g/mol. The highest BCUT2D eigenvalue weighted by Gasteiger charge is 2.12. The zero-order chi connectivity index (χ0) is 12.9. The van der Waals surface area contributed by atoms with Gasteiger partial charge >= 0.3 is 0 Å². The molecule has 0 aromatic heterocycles. The first-order chi connectivity index (χ1) is 7.95. The van der Waals surface area contributed by atoms with Crippen LogP contribution in [0, 0.1) is 0 Å². The summed E-state index contributed by atoms with van der Waals surface area (Å²) in [6, 6.07) is 6.28. The van der Waals surface area contributed by atoms with Crippen LogP contribution in [-0.4, -0.2) is 22.1 Å². The summed E-state index contributed by atoms with van der Waals surface area (Å²) in [5, 5.41) is 0. The molecule has 0 aliphatic heterocycles. The Balaban J connectivity index is 2.79. The van der Waals surface area contributed by atoms with Crippen molar-refractivity contribution in [3.05, 3.63) is 35.9 Å². The summed E-state index contributed by atoms with van der Waals surface area (Å²) < 4.78 is 31.1. The lowest BCUT2D eigenvalue weighted by Crippen LogP contribution is -2.23. The Morgan fingerprint density at radius 1 is 1.29 bits per heavy atom. The standard InChI is InChI=1S/C12H17NO3S/c1-10(2)8-9-13-17(14,15)12-6-4-11(16-3)5-7-12/h4-8,13H,9H2,1-3H3. The number of rotatable bonds is 5. The van der Waals surface area contributed by atoms with Gasteiger partial charge in [-0.05, 0) is 38.1 Å². The number of allylic oxidation sites excluding steroid dienone is 1. The third-order valence-corrected chi connectivity index (χ3v) is 3.59. The van der Waals surface area contributed by atoms with Crippen molar-refractivity contribution >= 4 is 10.0 Å². The number of sulfonamides is 1. The predicted octanol–water partition coefficient (Wildman–Crippen LogP) is 1.94. The molecule has 0 aliphatic rings. The molecule has 5 heteroatoms. The van der Waals surface area contributed by atoms with Gasteiger partial charge in [0.15, 0.2) is 0 Å². The number of benzene rings is 1. The van der Waals surface area contributed by atoms with Crippen LogP contribution in [0.2, 0.25) is 0 Å². The molecule has 0 radical (unpaired) electrons. The molecule has 0 fully saturated rings. The quantitative estimate of drug-likeness (QED) is 0.818. The van der Waals surface area contributed by atoms with Crippen LogP contribution in [0.4, 0.5) is 0 Å². The lowest BCUT2D eigenvalue weighted by atomic mass is 10.3. The molecule has 0 spiro atoms. The highest BCUT2D eigenvalue weighted by Crippen LogP contribution is 2.15. The van der Waals surface area contributed by atoms with Gasteiger partial charge in [-0.1, -0.05) is 11.6 Å². The second-order valence-electron chi connectivity index (χ2n) is 3.81. The van der Waals surface area contributed by atoms with Crippen molar-refractivity contribution in [1.82, 2.24) is 4.72 Å². The van der Waals surface area contributed by atoms with Crippen molar-refractivity contribution in [3.63, 3.8) is 0 Å². The van der Waals surface area contributed by atoms with Gasteiger partial charge in [-0.3, -0.25) is 0 Å². The van der Waals surface area contributed by atoms with E-state index < -0.39 is 10.0 Å². The maximum Gasteiger partial charge on any atom is 0.240 e. The fraction of sp³-hybridized carbons (Fsp3) is 0.333. The van der Waals surface area contributed by atoms with Gasteiger partial charge in [0.05, 0.1) is 12.0 Å². The van der Waals surface area contributed by atoms with Crippen LogP contribution in [0.25, 0.3) is 0 Å². The number of ether oxygens (including phenoxy) is 1. The van der Waals surface area contributed by atoms with Crippen LogP contribution in [0.3, 0.4) is 0 Å². The summed E-state index contributed by atoms with van der Waals surface area (Å²) in [6.07, 6.45) is 1.82. The Kier molecular flexibility index (Phi) is 4.72. The molecule has 1 aromatic carbocycles. The summed E-state index contributed by atoms with van der Waals surface area (Å²) in [4.78, 5) is 0.237. The zero-order valence-corrected chi connectivity index (χ0v) is 11.0. The van der Waals surface area contributed by atoms with Crippen LogP contribution < -0.4 is 9.46 Å². The molecule has 0 saturated heterocycles. The predicted molar refractivity (Wildman–Crippen MR) is 67.6 cm³/mol. The molecule has 1 aromatic rings. The molecule has 0 unspecified atom stereocenters. The minimum atomic E-state index is -3.43. The minimum Gasteiger partial charge on any atom is -0.497 e. The van der Waals surface area contributed by atoms with E-state index in [-0.39, 0.29) is 4.90 Å². The molecule has 4 nitrogen and oxygen atoms in total. The number of nitrogens with one attached hydrogen (secondary N) is 1. The van der Waals surface area contributed by atoms with Gasteiger partial charge in [0.2, 0.25) is 10.0 Å². The molecule has 0 bridgehead atoms. The van der Waals surface area contributed by atoms with Crippen LogP contribution in [0.1, 0.15) is 13.8 Å². The fourth-order valence-electron chi connectivity index (χ4n) is 1.19. The second-order valence-corrected chi connectivity index (χ2v) is 5.58. The SMILES string of the molecule is COc1ccc(S(=O)(=O)NCC=C(C)C)cc1. The third kappa shape index (κ3) is 4.20. The Morgan fingerprint density at radius 3 is 2.35 bits per heavy atom. The van der Waals surface area contributed by atoms with Crippen molar-refractivity contribution in [2.75, 3.05) is 13.7 Å². The molecule has 17 heavy (non-hydrogen) atoms. The van der Waals surface area contributed by atoms with E-state index in [1.165, 1.54) is 19.2 Å². The summed E-state index contributed by atoms with van der Waals surface area (Å²) in [5.41, 5.74) is 1.07. The van der Waals surface area contributed by atoms with E-state index in [0.29, 0.717) is 12.3 Å². The Labute approximate surface area is 102 Å². The zero-order valence-electron chi connectivity index (χ0n) is 10.2. The monoisotopic (exact) mass is 255 g/mol. The molecule has 0 atom stereocenters. The summed E-state index contributed by atoms with van der Waals surface area (Å²) in [6.45, 7) is 4.14. The van der Waals surface area contributed by atoms with E-state index in [2.05, 4.69) is 4.72 Å². The van der Waals surface area contributed by atoms with E-state index in [1.54, 1.807) is 12.1 Å². The van der Waals surface area contributed by atoms with Crippen molar-refractivity contribution < 1.29 is 13.2 Å². The van der Waals surface area contributed by atoms with Crippen LogP contribution in [0.15, 0.2) is 40.8 Å². The maximum atomic E-state index is 11.8. The average Bonchev–Trinajstić information content (AvgIpc) is 2.28. The first-order valence-corrected chi connectivity index (χ1v) is 6.71. The van der Waals surface area contributed by atoms with Gasteiger partial charge in [-0.2, -0.15) is 0 Å². The first kappa shape index (κ1) is 13.7. The van der Waals surface area contributed by atoms with Crippen molar-refractivity contribution in [2.45, 2.75) is 18.7 Å². The molecule has 0 amide bonds. The highest BCUT2D eigenvalue weighted by atomic mass is 32.2. The smallest absolute Gasteiger partial charge is 0.240 e.